The molecule has 0 amide bonds. The van der Waals surface area contributed by atoms with Crippen LogP contribution < -0.4 is 5.32 Å². The van der Waals surface area contributed by atoms with Gasteiger partial charge in [0.15, 0.2) is 0 Å². The molecule has 1 heterocycles. The van der Waals surface area contributed by atoms with Gasteiger partial charge in [0.2, 0.25) is 0 Å². The Balaban J connectivity index is 2.22. The molecule has 0 saturated carbocycles. The van der Waals surface area contributed by atoms with E-state index in [9.17, 15) is 0 Å². The fourth-order valence-electron chi connectivity index (χ4n) is 1.42. The summed E-state index contributed by atoms with van der Waals surface area (Å²) in [5, 5.41) is 3.36. The normalized spacial score (nSPS) is 23.9. The maximum atomic E-state index is 5.39. The van der Waals surface area contributed by atoms with Crippen molar-refractivity contribution in [1.29, 1.82) is 0 Å². The average molecular weight is 181 g/mol. The zero-order valence-corrected chi connectivity index (χ0v) is 8.60. The van der Waals surface area contributed by atoms with Crippen LogP contribution in [0.1, 0.15) is 26.7 Å². The molecule has 0 aromatic rings. The van der Waals surface area contributed by atoms with Crippen molar-refractivity contribution in [2.45, 2.75) is 32.2 Å². The predicted molar refractivity (Wildman–Crippen MR) is 54.5 cm³/mol. The van der Waals surface area contributed by atoms with Crippen LogP contribution in [0.5, 0.6) is 0 Å². The average Bonchev–Trinajstić information content (AvgIpc) is 2.17. The maximum Gasteiger partial charge on any atom is 0.0741 e. The molecule has 1 rings (SSSR count). The zero-order valence-electron chi connectivity index (χ0n) is 8.60. The van der Waals surface area contributed by atoms with E-state index in [1.54, 1.807) is 0 Å². The Morgan fingerprint density at radius 1 is 1.62 bits per heavy atom. The van der Waals surface area contributed by atoms with Crippen molar-refractivity contribution in [3.8, 4) is 12.3 Å². The van der Waals surface area contributed by atoms with Crippen molar-refractivity contribution in [2.75, 3.05) is 19.8 Å². The van der Waals surface area contributed by atoms with E-state index in [0.29, 0.717) is 5.92 Å². The quantitative estimate of drug-likeness (QED) is 0.665. The minimum atomic E-state index is -0.183. The molecule has 0 bridgehead atoms. The molecule has 1 aliphatic heterocycles. The van der Waals surface area contributed by atoms with Crippen LogP contribution >= 0.6 is 0 Å². The third-order valence-electron chi connectivity index (χ3n) is 2.45. The molecule has 0 aromatic carbocycles. The highest BCUT2D eigenvalue weighted by Gasteiger charge is 2.18. The summed E-state index contributed by atoms with van der Waals surface area (Å²) in [6.07, 6.45) is 7.82. The van der Waals surface area contributed by atoms with Gasteiger partial charge in [0, 0.05) is 13.2 Å². The van der Waals surface area contributed by atoms with Crippen LogP contribution in [-0.2, 0) is 4.74 Å². The standard InChI is InChI=1S/C11H19NO/c1-4-11(2,3)12-8-10-6-5-7-13-9-10/h1,10,12H,5-9H2,2-3H3. The number of hydrogen-bond acceptors (Lipinski definition) is 2. The second-order valence-electron chi connectivity index (χ2n) is 4.23. The van der Waals surface area contributed by atoms with Gasteiger partial charge in [-0.25, -0.2) is 0 Å². The summed E-state index contributed by atoms with van der Waals surface area (Å²) in [5.74, 6) is 3.37. The van der Waals surface area contributed by atoms with Gasteiger partial charge in [-0.2, -0.15) is 0 Å². The highest BCUT2D eigenvalue weighted by molar-refractivity contribution is 5.07. The molecule has 13 heavy (non-hydrogen) atoms. The van der Waals surface area contributed by atoms with E-state index in [1.165, 1.54) is 12.8 Å². The first kappa shape index (κ1) is 10.6. The van der Waals surface area contributed by atoms with Crippen LogP contribution in [0.4, 0.5) is 0 Å². The predicted octanol–water partition coefficient (Wildman–Crippen LogP) is 1.41. The lowest BCUT2D eigenvalue weighted by Gasteiger charge is -2.26. The van der Waals surface area contributed by atoms with Crippen molar-refractivity contribution in [2.24, 2.45) is 5.92 Å². The van der Waals surface area contributed by atoms with Crippen molar-refractivity contribution >= 4 is 0 Å². The Hall–Kier alpha value is -0.520. The van der Waals surface area contributed by atoms with E-state index in [2.05, 4.69) is 11.2 Å². The highest BCUT2D eigenvalue weighted by atomic mass is 16.5. The number of ether oxygens (including phenoxy) is 1. The first-order chi connectivity index (χ1) is 6.14. The minimum absolute atomic E-state index is 0.183. The molecular formula is C11H19NO. The van der Waals surface area contributed by atoms with Gasteiger partial charge in [-0.05, 0) is 32.6 Å². The van der Waals surface area contributed by atoms with Crippen molar-refractivity contribution in [3.63, 3.8) is 0 Å². The van der Waals surface area contributed by atoms with Crippen LogP contribution in [-0.4, -0.2) is 25.3 Å². The molecule has 1 atom stereocenters. The fourth-order valence-corrected chi connectivity index (χ4v) is 1.42. The van der Waals surface area contributed by atoms with Crippen molar-refractivity contribution in [3.05, 3.63) is 0 Å². The van der Waals surface area contributed by atoms with Gasteiger partial charge in [-0.3, -0.25) is 0 Å². The van der Waals surface area contributed by atoms with Crippen LogP contribution in [0.2, 0.25) is 0 Å². The lowest BCUT2D eigenvalue weighted by molar-refractivity contribution is 0.0533. The van der Waals surface area contributed by atoms with Gasteiger partial charge < -0.3 is 10.1 Å². The molecule has 0 radical (unpaired) electrons. The van der Waals surface area contributed by atoms with Gasteiger partial charge in [0.1, 0.15) is 0 Å². The van der Waals surface area contributed by atoms with E-state index < -0.39 is 0 Å². The second-order valence-corrected chi connectivity index (χ2v) is 4.23. The Morgan fingerprint density at radius 3 is 2.92 bits per heavy atom. The molecule has 1 fully saturated rings. The van der Waals surface area contributed by atoms with E-state index in [-0.39, 0.29) is 5.54 Å². The number of hydrogen-bond donors (Lipinski definition) is 1. The van der Waals surface area contributed by atoms with Crippen LogP contribution in [0, 0.1) is 18.3 Å². The Labute approximate surface area is 81.0 Å². The van der Waals surface area contributed by atoms with E-state index in [4.69, 9.17) is 11.2 Å². The third kappa shape index (κ3) is 3.80. The van der Waals surface area contributed by atoms with Crippen LogP contribution in [0.25, 0.3) is 0 Å². The largest absolute Gasteiger partial charge is 0.381 e. The van der Waals surface area contributed by atoms with Gasteiger partial charge in [0.25, 0.3) is 0 Å². The van der Waals surface area contributed by atoms with Gasteiger partial charge in [-0.1, -0.05) is 5.92 Å². The SMILES string of the molecule is C#CC(C)(C)NCC1CCCOC1. The third-order valence-corrected chi connectivity index (χ3v) is 2.45. The zero-order chi connectivity index (χ0) is 9.73. The molecule has 1 saturated heterocycles. The molecule has 2 nitrogen and oxygen atoms in total. The molecule has 0 spiro atoms. The summed E-state index contributed by atoms with van der Waals surface area (Å²) in [7, 11) is 0. The summed E-state index contributed by atoms with van der Waals surface area (Å²) in [4.78, 5) is 0. The number of nitrogens with one attached hydrogen (secondary N) is 1. The molecule has 0 aliphatic carbocycles. The summed E-state index contributed by atoms with van der Waals surface area (Å²) in [6.45, 7) is 6.83. The van der Waals surface area contributed by atoms with E-state index in [0.717, 1.165) is 19.8 Å². The smallest absolute Gasteiger partial charge is 0.0741 e. The summed E-state index contributed by atoms with van der Waals surface area (Å²) < 4.78 is 5.39. The van der Waals surface area contributed by atoms with Gasteiger partial charge in [-0.15, -0.1) is 6.42 Å². The Morgan fingerprint density at radius 2 is 2.38 bits per heavy atom. The molecule has 1 unspecified atom stereocenters. The van der Waals surface area contributed by atoms with Crippen LogP contribution in [0.15, 0.2) is 0 Å². The Bertz CT molecular complexity index is 187. The second kappa shape index (κ2) is 4.64. The van der Waals surface area contributed by atoms with E-state index in [1.807, 2.05) is 13.8 Å². The molecule has 1 aliphatic rings. The van der Waals surface area contributed by atoms with Crippen molar-refractivity contribution in [1.82, 2.24) is 5.32 Å². The number of rotatable bonds is 3. The van der Waals surface area contributed by atoms with Gasteiger partial charge >= 0.3 is 0 Å². The molecule has 1 N–H and O–H groups in total. The first-order valence-corrected chi connectivity index (χ1v) is 4.94. The number of terminal acetylenes is 1. The summed E-state index contributed by atoms with van der Waals surface area (Å²) in [6, 6.07) is 0. The summed E-state index contributed by atoms with van der Waals surface area (Å²) in [5.41, 5.74) is -0.183. The maximum absolute atomic E-state index is 5.39. The van der Waals surface area contributed by atoms with E-state index >= 15 is 0 Å². The Kier molecular flexibility index (Phi) is 3.77. The topological polar surface area (TPSA) is 21.3 Å². The monoisotopic (exact) mass is 181 g/mol. The molecular weight excluding hydrogens is 162 g/mol. The lowest BCUT2D eigenvalue weighted by Crippen LogP contribution is -2.42. The highest BCUT2D eigenvalue weighted by Crippen LogP contribution is 2.13. The lowest BCUT2D eigenvalue weighted by atomic mass is 10.00. The molecule has 74 valence electrons. The summed E-state index contributed by atoms with van der Waals surface area (Å²) >= 11 is 0. The molecule has 2 heteroatoms. The minimum Gasteiger partial charge on any atom is -0.381 e. The fraction of sp³-hybridized carbons (Fsp3) is 0.818. The van der Waals surface area contributed by atoms with Gasteiger partial charge in [0.05, 0.1) is 12.1 Å². The molecule has 0 aromatic heterocycles. The van der Waals surface area contributed by atoms with Crippen molar-refractivity contribution < 1.29 is 4.74 Å². The van der Waals surface area contributed by atoms with Crippen LogP contribution in [0.3, 0.4) is 0 Å². The first-order valence-electron chi connectivity index (χ1n) is 4.94.